The molecule has 0 saturated carbocycles. The van der Waals surface area contributed by atoms with Crippen molar-refractivity contribution in [2.24, 2.45) is 5.14 Å². The maximum absolute atomic E-state index is 13.5. The van der Waals surface area contributed by atoms with E-state index in [1.165, 1.54) is 11.8 Å². The second-order valence-electron chi connectivity index (χ2n) is 9.17. The largest absolute Gasteiger partial charge is 0.501 e. The van der Waals surface area contributed by atoms with E-state index >= 15 is 0 Å². The number of sulfonamides is 1. The van der Waals surface area contributed by atoms with Crippen LogP contribution in [0.5, 0.6) is 0 Å². The van der Waals surface area contributed by atoms with Gasteiger partial charge in [-0.2, -0.15) is 13.2 Å². The van der Waals surface area contributed by atoms with Gasteiger partial charge in [0.05, 0.1) is 10.6 Å². The summed E-state index contributed by atoms with van der Waals surface area (Å²) in [5, 5.41) is 7.91. The van der Waals surface area contributed by atoms with E-state index in [0.29, 0.717) is 51.0 Å². The third kappa shape index (κ3) is 9.42. The van der Waals surface area contributed by atoms with Crippen LogP contribution in [0.3, 0.4) is 0 Å². The molecule has 40 heavy (non-hydrogen) atoms. The maximum atomic E-state index is 13.5. The fraction of sp³-hybridized carbons (Fsp3) is 0.455. The van der Waals surface area contributed by atoms with Gasteiger partial charge in [-0.1, -0.05) is 18.2 Å². The molecule has 11 nitrogen and oxygen atoms in total. The lowest BCUT2D eigenvalue weighted by atomic mass is 10.2. The molecule has 1 aliphatic rings. The van der Waals surface area contributed by atoms with E-state index in [0.717, 1.165) is 17.0 Å². The van der Waals surface area contributed by atoms with Crippen molar-refractivity contribution in [1.82, 2.24) is 9.80 Å². The number of thioether (sulfide) groups is 1. The number of alkyl halides is 3. The molecule has 0 aliphatic carbocycles. The molecule has 0 bridgehead atoms. The Morgan fingerprint density at radius 2 is 1.60 bits per heavy atom. The first-order chi connectivity index (χ1) is 18.5. The molecule has 3 rings (SSSR count). The predicted molar refractivity (Wildman–Crippen MR) is 145 cm³/mol. The highest BCUT2D eigenvalue weighted by molar-refractivity contribution is 7.99. The van der Waals surface area contributed by atoms with Crippen molar-refractivity contribution in [3.63, 3.8) is 0 Å². The maximum Gasteiger partial charge on any atom is 0.501 e. The van der Waals surface area contributed by atoms with Crippen LogP contribution >= 0.6 is 19.4 Å². The number of anilines is 1. The van der Waals surface area contributed by atoms with Gasteiger partial charge in [-0.15, -0.1) is 11.8 Å². The van der Waals surface area contributed by atoms with Gasteiger partial charge in [-0.25, -0.2) is 22.0 Å². The number of nitrogens with two attached hydrogens (primary N) is 1. The van der Waals surface area contributed by atoms with E-state index in [1.807, 2.05) is 35.2 Å². The van der Waals surface area contributed by atoms with Gasteiger partial charge in [-0.3, -0.25) is 9.46 Å². The molecule has 0 spiro atoms. The normalized spacial score (nSPS) is 17.1. The van der Waals surface area contributed by atoms with Gasteiger partial charge < -0.3 is 20.0 Å². The Bertz CT molecular complexity index is 1420. The summed E-state index contributed by atoms with van der Waals surface area (Å²) < 4.78 is 100. The predicted octanol–water partition coefficient (Wildman–Crippen LogP) is 2.34. The molecule has 0 aromatic heterocycles. The molecule has 1 saturated heterocycles. The molecule has 0 amide bonds. The first kappa shape index (κ1) is 32.8. The summed E-state index contributed by atoms with van der Waals surface area (Å²) in [4.78, 5) is 20.9. The second kappa shape index (κ2) is 13.1. The molecule has 1 atom stereocenters. The van der Waals surface area contributed by atoms with Crippen LogP contribution in [0.2, 0.25) is 0 Å². The zero-order valence-corrected chi connectivity index (χ0v) is 24.4. The number of nitrogens with zero attached hydrogens (tertiary/aromatic N) is 2. The van der Waals surface area contributed by atoms with Crippen LogP contribution in [-0.4, -0.2) is 92.7 Å². The summed E-state index contributed by atoms with van der Waals surface area (Å²) in [5.41, 5.74) is -6.09. The van der Waals surface area contributed by atoms with E-state index < -0.39 is 54.5 Å². The Hall–Kier alpha value is -1.69. The fourth-order valence-electron chi connectivity index (χ4n) is 4.03. The fourth-order valence-corrected chi connectivity index (χ4v) is 7.39. The average Bonchev–Trinajstić information content (AvgIpc) is 2.85. The van der Waals surface area contributed by atoms with Crippen LogP contribution in [0.1, 0.15) is 6.42 Å². The number of hydrogen-bond donors (Lipinski definition) is 4. The third-order valence-corrected chi connectivity index (χ3v) is 10.5. The molecule has 1 heterocycles. The highest BCUT2D eigenvalue weighted by Gasteiger charge is 2.48. The Morgan fingerprint density at radius 1 is 1.00 bits per heavy atom. The molecule has 0 unspecified atom stereocenters. The molecule has 0 radical (unpaired) electrons. The first-order valence-corrected chi connectivity index (χ1v) is 17.7. The van der Waals surface area contributed by atoms with Gasteiger partial charge in [0.15, 0.2) is 0 Å². The van der Waals surface area contributed by atoms with E-state index in [-0.39, 0.29) is 6.29 Å². The molecule has 18 heteroatoms. The quantitative estimate of drug-likeness (QED) is 0.197. The van der Waals surface area contributed by atoms with Crippen LogP contribution in [0.25, 0.3) is 0 Å². The first-order valence-electron chi connectivity index (χ1n) is 11.9. The van der Waals surface area contributed by atoms with Crippen LogP contribution < -0.4 is 10.5 Å². The monoisotopic (exact) mass is 646 g/mol. The molecular weight excluding hydrogens is 616 g/mol. The average molecular weight is 647 g/mol. The smallest absolute Gasteiger partial charge is 0.380 e. The van der Waals surface area contributed by atoms with Gasteiger partial charge in [0.25, 0.3) is 9.84 Å². The third-order valence-electron chi connectivity index (χ3n) is 6.07. The van der Waals surface area contributed by atoms with E-state index in [4.69, 9.17) is 5.14 Å². The number of primary sulfonamides is 1. The number of benzene rings is 2. The summed E-state index contributed by atoms with van der Waals surface area (Å²) in [6, 6.07) is 10.9. The van der Waals surface area contributed by atoms with Crippen molar-refractivity contribution in [3.05, 3.63) is 48.5 Å². The number of hydrogen-bond acceptors (Lipinski definition) is 9. The van der Waals surface area contributed by atoms with Crippen molar-refractivity contribution in [3.8, 4) is 0 Å². The Balaban J connectivity index is 1.83. The standard InChI is InChI=1S/C22H30F3N4O7PS3/c23-22(24,25)39(33,34)21-14-19(40(26,35)36)6-7-20(21)27-17(15-38-18-4-2-1-3-5-18)8-9-28-10-12-29(13-11-28)16-37(30,31)32/h1-7,14,17,27H,8-13,15-16H2,(H2,26,35,36)(H2,30,31,32)/t17-/m1/s1. The van der Waals surface area contributed by atoms with Crippen molar-refractivity contribution >= 4 is 44.9 Å². The van der Waals surface area contributed by atoms with Crippen LogP contribution in [0.15, 0.2) is 63.2 Å². The minimum atomic E-state index is -5.93. The van der Waals surface area contributed by atoms with Crippen molar-refractivity contribution in [2.75, 3.05) is 50.1 Å². The molecule has 224 valence electrons. The number of halogens is 3. The highest BCUT2D eigenvalue weighted by atomic mass is 32.2. The molecule has 1 aliphatic heterocycles. The summed E-state index contributed by atoms with van der Waals surface area (Å²) in [6.07, 6.45) is 0.0322. The van der Waals surface area contributed by atoms with Crippen molar-refractivity contribution in [2.45, 2.75) is 32.7 Å². The molecule has 1 fully saturated rings. The number of rotatable bonds is 12. The second-order valence-corrected chi connectivity index (χ2v) is 15.3. The summed E-state index contributed by atoms with van der Waals surface area (Å²) in [7, 11) is -14.6. The Morgan fingerprint density at radius 3 is 2.15 bits per heavy atom. The Labute approximate surface area is 235 Å². The lowest BCUT2D eigenvalue weighted by Crippen LogP contribution is -2.47. The minimum Gasteiger partial charge on any atom is -0.380 e. The highest BCUT2D eigenvalue weighted by Crippen LogP contribution is 2.37. The lowest BCUT2D eigenvalue weighted by molar-refractivity contribution is -0.0435. The van der Waals surface area contributed by atoms with Crippen molar-refractivity contribution in [1.29, 1.82) is 0 Å². The van der Waals surface area contributed by atoms with Gasteiger partial charge in [0, 0.05) is 49.4 Å². The zero-order valence-electron chi connectivity index (χ0n) is 21.1. The summed E-state index contributed by atoms with van der Waals surface area (Å²) in [5.74, 6) is 0.338. The van der Waals surface area contributed by atoms with Crippen LogP contribution in [0, 0.1) is 0 Å². The minimum absolute atomic E-state index is 0.338. The van der Waals surface area contributed by atoms with Crippen molar-refractivity contribution < 1.29 is 44.4 Å². The van der Waals surface area contributed by atoms with Gasteiger partial charge in [-0.05, 0) is 36.8 Å². The zero-order chi connectivity index (χ0) is 29.8. The van der Waals surface area contributed by atoms with Gasteiger partial charge in [0.2, 0.25) is 10.0 Å². The van der Waals surface area contributed by atoms with E-state index in [9.17, 15) is 44.4 Å². The summed E-state index contributed by atoms with van der Waals surface area (Å²) >= 11 is 1.40. The van der Waals surface area contributed by atoms with Crippen LogP contribution in [0.4, 0.5) is 18.9 Å². The van der Waals surface area contributed by atoms with E-state index in [2.05, 4.69) is 5.32 Å². The van der Waals surface area contributed by atoms with E-state index in [1.54, 1.807) is 4.90 Å². The molecular formula is C22H30F3N4O7PS3. The number of nitrogens with one attached hydrogen (secondary N) is 1. The number of piperazine rings is 1. The molecule has 2 aromatic rings. The molecule has 5 N–H and O–H groups in total. The Kier molecular flexibility index (Phi) is 10.7. The topological polar surface area (TPSA) is 170 Å². The molecule has 2 aromatic carbocycles. The number of sulfone groups is 1. The lowest BCUT2D eigenvalue weighted by Gasteiger charge is -2.35. The SMILES string of the molecule is NS(=O)(=O)c1ccc(N[C@H](CCN2CCN(CP(=O)(O)O)CC2)CSc2ccccc2)c(S(=O)(=O)C(F)(F)F)c1. The van der Waals surface area contributed by atoms with Gasteiger partial charge in [0.1, 0.15) is 11.2 Å². The van der Waals surface area contributed by atoms with Gasteiger partial charge >= 0.3 is 13.1 Å². The van der Waals surface area contributed by atoms with Crippen LogP contribution in [-0.2, 0) is 24.4 Å². The summed E-state index contributed by atoms with van der Waals surface area (Å²) in [6.45, 7) is 2.33.